The second kappa shape index (κ2) is 6.65. The lowest BCUT2D eigenvalue weighted by Gasteiger charge is -1.99. The van der Waals surface area contributed by atoms with Crippen molar-refractivity contribution < 1.29 is 9.59 Å². The van der Waals surface area contributed by atoms with E-state index in [1.165, 1.54) is 6.20 Å². The third-order valence-electron chi connectivity index (χ3n) is 4.19. The van der Waals surface area contributed by atoms with Gasteiger partial charge >= 0.3 is 0 Å². The van der Waals surface area contributed by atoms with E-state index in [0.717, 1.165) is 31.8 Å². The normalized spacial score (nSPS) is 11.4. The van der Waals surface area contributed by atoms with Crippen molar-refractivity contribution in [1.29, 1.82) is 0 Å². The number of H-pyrrole nitrogens is 2. The van der Waals surface area contributed by atoms with Gasteiger partial charge in [-0.15, -0.1) is 0 Å². The van der Waals surface area contributed by atoms with Gasteiger partial charge in [0.15, 0.2) is 0 Å². The van der Waals surface area contributed by atoms with Crippen LogP contribution in [0.1, 0.15) is 15.9 Å². The predicted molar refractivity (Wildman–Crippen MR) is 106 cm³/mol. The molecular formula is C20H14BrN3O2. The summed E-state index contributed by atoms with van der Waals surface area (Å²) in [5.74, 6) is -1.25. The van der Waals surface area contributed by atoms with Gasteiger partial charge in [-0.2, -0.15) is 0 Å². The van der Waals surface area contributed by atoms with Crippen molar-refractivity contribution in [2.24, 2.45) is 0 Å². The summed E-state index contributed by atoms with van der Waals surface area (Å²) in [6, 6.07) is 13.3. The van der Waals surface area contributed by atoms with Crippen molar-refractivity contribution >= 4 is 55.5 Å². The fourth-order valence-electron chi connectivity index (χ4n) is 2.91. The molecule has 4 aromatic rings. The summed E-state index contributed by atoms with van der Waals surface area (Å²) < 4.78 is 0.986. The van der Waals surface area contributed by atoms with E-state index in [2.05, 4.69) is 31.2 Å². The summed E-state index contributed by atoms with van der Waals surface area (Å²) in [6.07, 6.45) is 6.65. The van der Waals surface area contributed by atoms with Gasteiger partial charge in [-0.25, -0.2) is 0 Å². The molecule has 0 aliphatic rings. The first kappa shape index (κ1) is 16.4. The molecule has 6 heteroatoms. The first-order valence-electron chi connectivity index (χ1n) is 7.98. The number of carbonyl (C=O) groups excluding carboxylic acids is 2. The number of rotatable bonds is 4. The van der Waals surface area contributed by atoms with Crippen molar-refractivity contribution in [2.45, 2.75) is 0 Å². The van der Waals surface area contributed by atoms with Crippen LogP contribution < -0.4 is 5.32 Å². The van der Waals surface area contributed by atoms with Gasteiger partial charge in [-0.05, 0) is 24.3 Å². The van der Waals surface area contributed by atoms with Crippen LogP contribution in [0.25, 0.3) is 27.9 Å². The number of hydrogen-bond acceptors (Lipinski definition) is 2. The average molecular weight is 408 g/mol. The number of benzene rings is 2. The lowest BCUT2D eigenvalue weighted by molar-refractivity contribution is -0.116. The Labute approximate surface area is 157 Å². The van der Waals surface area contributed by atoms with Gasteiger partial charge in [0.05, 0.1) is 5.56 Å². The second-order valence-electron chi connectivity index (χ2n) is 5.82. The standard InChI is InChI=1S/C20H14BrN3O2/c21-13-5-6-14-12(10-23-18(14)9-13)7-8-22-20(26)19(25)16-11-24-17-4-2-1-3-15(16)17/h1-11,23-24H,(H,22,26)/b8-7-. The molecule has 0 fully saturated rings. The van der Waals surface area contributed by atoms with Gasteiger partial charge in [-0.1, -0.05) is 40.2 Å². The van der Waals surface area contributed by atoms with E-state index in [0.29, 0.717) is 5.56 Å². The Kier molecular flexibility index (Phi) is 4.18. The van der Waals surface area contributed by atoms with E-state index in [1.807, 2.05) is 48.7 Å². The molecular weight excluding hydrogens is 394 g/mol. The van der Waals surface area contributed by atoms with Crippen LogP contribution in [0, 0.1) is 0 Å². The van der Waals surface area contributed by atoms with E-state index in [9.17, 15) is 9.59 Å². The van der Waals surface area contributed by atoms with E-state index >= 15 is 0 Å². The zero-order chi connectivity index (χ0) is 18.1. The molecule has 0 spiro atoms. The SMILES string of the molecule is O=C(N/C=C\c1c[nH]c2cc(Br)ccc12)C(=O)c1c[nH]c2ccccc12. The van der Waals surface area contributed by atoms with Crippen LogP contribution in [-0.4, -0.2) is 21.7 Å². The van der Waals surface area contributed by atoms with E-state index in [4.69, 9.17) is 0 Å². The average Bonchev–Trinajstić information content (AvgIpc) is 3.25. The third kappa shape index (κ3) is 2.95. The fraction of sp³-hybridized carbons (Fsp3) is 0. The number of Topliss-reactive ketones (excluding diaryl/α,β-unsaturated/α-hetero) is 1. The van der Waals surface area contributed by atoms with Gasteiger partial charge < -0.3 is 15.3 Å². The smallest absolute Gasteiger partial charge is 0.296 e. The van der Waals surface area contributed by atoms with E-state index in [-0.39, 0.29) is 0 Å². The number of aromatic nitrogens is 2. The highest BCUT2D eigenvalue weighted by Gasteiger charge is 2.18. The highest BCUT2D eigenvalue weighted by atomic mass is 79.9. The molecule has 0 aliphatic carbocycles. The molecule has 0 atom stereocenters. The first-order chi connectivity index (χ1) is 12.6. The molecule has 0 radical (unpaired) electrons. The van der Waals surface area contributed by atoms with Crippen molar-refractivity contribution in [1.82, 2.24) is 15.3 Å². The molecule has 1 amide bonds. The van der Waals surface area contributed by atoms with Crippen LogP contribution in [-0.2, 0) is 4.79 Å². The number of hydrogen-bond donors (Lipinski definition) is 3. The number of ketones is 1. The molecule has 2 aromatic heterocycles. The van der Waals surface area contributed by atoms with Crippen molar-refractivity contribution in [3.05, 3.63) is 76.7 Å². The lowest BCUT2D eigenvalue weighted by atomic mass is 10.1. The molecule has 128 valence electrons. The number of halogens is 1. The second-order valence-corrected chi connectivity index (χ2v) is 6.73. The monoisotopic (exact) mass is 407 g/mol. The Balaban J connectivity index is 1.51. The molecule has 3 N–H and O–H groups in total. The summed E-state index contributed by atoms with van der Waals surface area (Å²) in [5, 5.41) is 4.31. The quantitative estimate of drug-likeness (QED) is 0.346. The Morgan fingerprint density at radius 3 is 2.65 bits per heavy atom. The van der Waals surface area contributed by atoms with Gasteiger partial charge in [0, 0.05) is 50.4 Å². The van der Waals surface area contributed by atoms with Gasteiger partial charge in [-0.3, -0.25) is 9.59 Å². The number of aromatic amines is 2. The summed E-state index contributed by atoms with van der Waals surface area (Å²) in [5.41, 5.74) is 3.10. The van der Waals surface area contributed by atoms with Crippen LogP contribution in [0.15, 0.2) is 65.5 Å². The number of amides is 1. The molecule has 4 rings (SSSR count). The molecule has 0 bridgehead atoms. The minimum absolute atomic E-state index is 0.364. The maximum absolute atomic E-state index is 12.4. The first-order valence-corrected chi connectivity index (χ1v) is 8.77. The van der Waals surface area contributed by atoms with Crippen molar-refractivity contribution in [3.8, 4) is 0 Å². The number of para-hydroxylation sites is 1. The van der Waals surface area contributed by atoms with Gasteiger partial charge in [0.1, 0.15) is 0 Å². The molecule has 0 saturated carbocycles. The van der Waals surface area contributed by atoms with Crippen LogP contribution in [0.2, 0.25) is 0 Å². The molecule has 0 saturated heterocycles. The Hall–Kier alpha value is -3.12. The van der Waals surface area contributed by atoms with E-state index in [1.54, 1.807) is 12.3 Å². The maximum Gasteiger partial charge on any atom is 0.296 e. The maximum atomic E-state index is 12.4. The van der Waals surface area contributed by atoms with Gasteiger partial charge in [0.25, 0.3) is 11.7 Å². The zero-order valence-corrected chi connectivity index (χ0v) is 15.1. The van der Waals surface area contributed by atoms with Crippen LogP contribution in [0.4, 0.5) is 0 Å². The Morgan fingerprint density at radius 2 is 1.77 bits per heavy atom. The molecule has 26 heavy (non-hydrogen) atoms. The lowest BCUT2D eigenvalue weighted by Crippen LogP contribution is -2.26. The Morgan fingerprint density at radius 1 is 0.962 bits per heavy atom. The minimum Gasteiger partial charge on any atom is -0.361 e. The molecule has 0 aliphatic heterocycles. The summed E-state index contributed by atoms with van der Waals surface area (Å²) in [4.78, 5) is 30.7. The summed E-state index contributed by atoms with van der Waals surface area (Å²) in [6.45, 7) is 0. The molecule has 0 unspecified atom stereocenters. The summed E-state index contributed by atoms with van der Waals surface area (Å²) >= 11 is 3.43. The van der Waals surface area contributed by atoms with Crippen molar-refractivity contribution in [2.75, 3.05) is 0 Å². The topological polar surface area (TPSA) is 77.8 Å². The molecule has 2 aromatic carbocycles. The number of fused-ring (bicyclic) bond motifs is 2. The fourth-order valence-corrected chi connectivity index (χ4v) is 3.27. The Bertz CT molecular complexity index is 1170. The third-order valence-corrected chi connectivity index (χ3v) is 4.69. The predicted octanol–water partition coefficient (Wildman–Crippen LogP) is 4.38. The van der Waals surface area contributed by atoms with Crippen LogP contribution in [0.3, 0.4) is 0 Å². The van der Waals surface area contributed by atoms with Gasteiger partial charge in [0.2, 0.25) is 0 Å². The highest BCUT2D eigenvalue weighted by molar-refractivity contribution is 9.10. The largest absolute Gasteiger partial charge is 0.361 e. The van der Waals surface area contributed by atoms with Crippen LogP contribution in [0.5, 0.6) is 0 Å². The van der Waals surface area contributed by atoms with E-state index < -0.39 is 11.7 Å². The number of nitrogens with one attached hydrogen (secondary N) is 3. The minimum atomic E-state index is -0.673. The number of carbonyl (C=O) groups is 2. The molecule has 5 nitrogen and oxygen atoms in total. The highest BCUT2D eigenvalue weighted by Crippen LogP contribution is 2.23. The zero-order valence-electron chi connectivity index (χ0n) is 13.5. The molecule has 2 heterocycles. The van der Waals surface area contributed by atoms with Crippen molar-refractivity contribution in [3.63, 3.8) is 0 Å². The summed E-state index contributed by atoms with van der Waals surface area (Å²) in [7, 11) is 0. The van der Waals surface area contributed by atoms with Crippen LogP contribution >= 0.6 is 15.9 Å².